The second kappa shape index (κ2) is 10.1. The first kappa shape index (κ1) is 26.1. The molecule has 0 saturated heterocycles. The van der Waals surface area contributed by atoms with Crippen molar-refractivity contribution in [1.82, 2.24) is 9.97 Å². The largest absolute Gasteiger partial charge is 0.310 e. The van der Waals surface area contributed by atoms with E-state index in [0.717, 1.165) is 33.9 Å². The molecule has 0 amide bonds. The second-order valence-corrected chi connectivity index (χ2v) is 11.7. The molecule has 1 aromatic heterocycles. The van der Waals surface area contributed by atoms with Crippen LogP contribution < -0.4 is 4.90 Å². The average molecular weight is 587 g/mol. The van der Waals surface area contributed by atoms with Crippen LogP contribution >= 0.6 is 0 Å². The monoisotopic (exact) mass is 586 g/mol. The van der Waals surface area contributed by atoms with Crippen LogP contribution in [0.5, 0.6) is 0 Å². The first-order valence-corrected chi connectivity index (χ1v) is 15.4. The summed E-state index contributed by atoms with van der Waals surface area (Å²) >= 11 is 0. The highest BCUT2D eigenvalue weighted by Gasteiger charge is 2.51. The summed E-state index contributed by atoms with van der Waals surface area (Å²) in [5.41, 5.74) is 13.5. The van der Waals surface area contributed by atoms with E-state index in [9.17, 15) is 5.26 Å². The van der Waals surface area contributed by atoms with Crippen LogP contribution in [0.2, 0.25) is 0 Å². The molecule has 2 aliphatic rings. The summed E-state index contributed by atoms with van der Waals surface area (Å²) in [6.07, 6.45) is 0. The Morgan fingerprint density at radius 2 is 1.02 bits per heavy atom. The van der Waals surface area contributed by atoms with E-state index in [1.807, 2.05) is 30.3 Å². The summed E-state index contributed by atoms with van der Waals surface area (Å²) in [5, 5.41) is 9.74. The SMILES string of the molecule is N#Cc1cc(-c2ccccc2)nc(-c2ccc(N3c4ccccc4C4(c5ccccc5-c5ccccc54)c4ccccc43)cc2)n1. The number of hydrogen-bond acceptors (Lipinski definition) is 4. The predicted molar refractivity (Wildman–Crippen MR) is 183 cm³/mol. The standard InChI is InChI=1S/C42H26N4/c43-27-30-26-38(28-12-2-1-3-13-28)45-41(44-30)29-22-24-31(25-23-29)46-39-20-10-8-18-36(39)42(37-19-9-11-21-40(37)46)34-16-6-4-14-32(34)33-15-5-7-17-35(33)42/h1-26H. The van der Waals surface area contributed by atoms with Gasteiger partial charge < -0.3 is 4.90 Å². The fourth-order valence-electron chi connectivity index (χ4n) is 7.49. The molecule has 0 radical (unpaired) electrons. The van der Waals surface area contributed by atoms with E-state index in [1.165, 1.54) is 33.4 Å². The number of benzene rings is 6. The maximum absolute atomic E-state index is 9.74. The highest BCUT2D eigenvalue weighted by atomic mass is 15.2. The maximum atomic E-state index is 9.74. The number of fused-ring (bicyclic) bond motifs is 9. The van der Waals surface area contributed by atoms with Crippen molar-refractivity contribution in [3.63, 3.8) is 0 Å². The maximum Gasteiger partial charge on any atom is 0.161 e. The number of para-hydroxylation sites is 2. The molecule has 214 valence electrons. The zero-order chi connectivity index (χ0) is 30.7. The van der Waals surface area contributed by atoms with Crippen LogP contribution in [-0.4, -0.2) is 9.97 Å². The molecule has 0 N–H and O–H groups in total. The van der Waals surface area contributed by atoms with Gasteiger partial charge in [-0.3, -0.25) is 0 Å². The van der Waals surface area contributed by atoms with E-state index in [2.05, 4.69) is 137 Å². The lowest BCUT2D eigenvalue weighted by Crippen LogP contribution is -2.36. The van der Waals surface area contributed by atoms with E-state index >= 15 is 0 Å². The van der Waals surface area contributed by atoms with Gasteiger partial charge in [-0.15, -0.1) is 0 Å². The van der Waals surface area contributed by atoms with E-state index in [4.69, 9.17) is 4.98 Å². The Morgan fingerprint density at radius 1 is 0.500 bits per heavy atom. The zero-order valence-corrected chi connectivity index (χ0v) is 24.8. The van der Waals surface area contributed by atoms with Crippen molar-refractivity contribution >= 4 is 17.1 Å². The van der Waals surface area contributed by atoms with E-state index in [-0.39, 0.29) is 0 Å². The Labute approximate surface area is 267 Å². The van der Waals surface area contributed by atoms with Crippen molar-refractivity contribution in [2.45, 2.75) is 5.41 Å². The van der Waals surface area contributed by atoms with Crippen molar-refractivity contribution in [1.29, 1.82) is 5.26 Å². The number of rotatable bonds is 3. The fourth-order valence-corrected chi connectivity index (χ4v) is 7.49. The zero-order valence-electron chi connectivity index (χ0n) is 24.8. The molecule has 7 aromatic rings. The minimum Gasteiger partial charge on any atom is -0.310 e. The van der Waals surface area contributed by atoms with Gasteiger partial charge in [0.1, 0.15) is 11.8 Å². The fraction of sp³-hybridized carbons (Fsp3) is 0.0238. The van der Waals surface area contributed by atoms with Gasteiger partial charge >= 0.3 is 0 Å². The second-order valence-electron chi connectivity index (χ2n) is 11.7. The van der Waals surface area contributed by atoms with Gasteiger partial charge in [0.15, 0.2) is 5.82 Å². The first-order chi connectivity index (χ1) is 22.8. The van der Waals surface area contributed by atoms with Gasteiger partial charge in [-0.2, -0.15) is 5.26 Å². The van der Waals surface area contributed by atoms with Gasteiger partial charge in [-0.1, -0.05) is 115 Å². The van der Waals surface area contributed by atoms with Gasteiger partial charge in [-0.05, 0) is 69.8 Å². The van der Waals surface area contributed by atoms with Gasteiger partial charge in [0.05, 0.1) is 22.5 Å². The van der Waals surface area contributed by atoms with E-state index < -0.39 is 5.41 Å². The Bertz CT molecular complexity index is 2240. The molecular weight excluding hydrogens is 560 g/mol. The van der Waals surface area contributed by atoms with E-state index in [0.29, 0.717) is 11.5 Å². The Kier molecular flexibility index (Phi) is 5.75. The summed E-state index contributed by atoms with van der Waals surface area (Å²) in [4.78, 5) is 11.8. The quantitative estimate of drug-likeness (QED) is 0.207. The predicted octanol–water partition coefficient (Wildman–Crippen LogP) is 9.83. The van der Waals surface area contributed by atoms with Crippen LogP contribution in [0.1, 0.15) is 27.9 Å². The number of aromatic nitrogens is 2. The Hall–Kier alpha value is -6.31. The van der Waals surface area contributed by atoms with E-state index in [1.54, 1.807) is 6.07 Å². The van der Waals surface area contributed by atoms with Crippen LogP contribution in [0.3, 0.4) is 0 Å². The molecule has 2 heterocycles. The third-order valence-electron chi connectivity index (χ3n) is 9.34. The molecule has 6 aromatic carbocycles. The summed E-state index contributed by atoms with van der Waals surface area (Å²) in [5.74, 6) is 0.530. The van der Waals surface area contributed by atoms with Gasteiger partial charge in [0.2, 0.25) is 0 Å². The molecule has 0 saturated carbocycles. The van der Waals surface area contributed by atoms with Crippen molar-refractivity contribution < 1.29 is 0 Å². The molecule has 0 fully saturated rings. The minimum absolute atomic E-state index is 0.342. The molecule has 9 rings (SSSR count). The number of anilines is 3. The molecule has 0 bridgehead atoms. The average Bonchev–Trinajstić information content (AvgIpc) is 3.43. The topological polar surface area (TPSA) is 52.8 Å². The lowest BCUT2D eigenvalue weighted by molar-refractivity contribution is 0.752. The Balaban J connectivity index is 1.22. The van der Waals surface area contributed by atoms with Crippen LogP contribution in [0.25, 0.3) is 33.8 Å². The lowest BCUT2D eigenvalue weighted by atomic mass is 9.64. The minimum atomic E-state index is -0.434. The smallest absolute Gasteiger partial charge is 0.161 e. The van der Waals surface area contributed by atoms with Crippen LogP contribution in [0, 0.1) is 11.3 Å². The number of hydrogen-bond donors (Lipinski definition) is 0. The van der Waals surface area contributed by atoms with Crippen molar-refractivity contribution in [2.75, 3.05) is 4.90 Å². The Morgan fingerprint density at radius 3 is 1.61 bits per heavy atom. The molecule has 0 atom stereocenters. The molecule has 1 aliphatic heterocycles. The van der Waals surface area contributed by atoms with Crippen molar-refractivity contribution in [3.8, 4) is 39.8 Å². The normalized spacial score (nSPS) is 13.3. The molecule has 1 spiro atoms. The third-order valence-corrected chi connectivity index (χ3v) is 9.34. The van der Waals surface area contributed by atoms with Gasteiger partial charge in [0.25, 0.3) is 0 Å². The molecule has 46 heavy (non-hydrogen) atoms. The summed E-state index contributed by atoms with van der Waals surface area (Å²) in [6.45, 7) is 0. The third kappa shape index (κ3) is 3.66. The number of nitriles is 1. The molecule has 0 unspecified atom stereocenters. The summed E-state index contributed by atoms with van der Waals surface area (Å²) < 4.78 is 0. The van der Waals surface area contributed by atoms with Crippen LogP contribution in [-0.2, 0) is 5.41 Å². The van der Waals surface area contributed by atoms with Gasteiger partial charge in [-0.25, -0.2) is 9.97 Å². The van der Waals surface area contributed by atoms with Crippen LogP contribution in [0.4, 0.5) is 17.1 Å². The lowest BCUT2D eigenvalue weighted by Gasteiger charge is -2.45. The molecule has 4 heteroatoms. The summed E-state index contributed by atoms with van der Waals surface area (Å²) in [6, 6.07) is 57.5. The highest BCUT2D eigenvalue weighted by molar-refractivity contribution is 5.95. The first-order valence-electron chi connectivity index (χ1n) is 15.4. The molecule has 4 nitrogen and oxygen atoms in total. The summed E-state index contributed by atoms with van der Waals surface area (Å²) in [7, 11) is 0. The number of nitrogens with zero attached hydrogens (tertiary/aromatic N) is 4. The van der Waals surface area contributed by atoms with Gasteiger partial charge in [0, 0.05) is 22.9 Å². The van der Waals surface area contributed by atoms with Crippen molar-refractivity contribution in [2.24, 2.45) is 0 Å². The highest BCUT2D eigenvalue weighted by Crippen LogP contribution is 2.63. The van der Waals surface area contributed by atoms with Crippen molar-refractivity contribution in [3.05, 3.63) is 186 Å². The van der Waals surface area contributed by atoms with Crippen LogP contribution in [0.15, 0.2) is 158 Å². The molecular formula is C42H26N4. The molecule has 1 aliphatic carbocycles.